The van der Waals surface area contributed by atoms with Gasteiger partial charge in [0.25, 0.3) is 0 Å². The summed E-state index contributed by atoms with van der Waals surface area (Å²) < 4.78 is 5.20. The van der Waals surface area contributed by atoms with E-state index in [9.17, 15) is 0 Å². The number of nitrogens with zero attached hydrogens (tertiary/aromatic N) is 1. The van der Waals surface area contributed by atoms with E-state index in [1.807, 2.05) is 12.1 Å². The molecule has 0 fully saturated rings. The van der Waals surface area contributed by atoms with Crippen molar-refractivity contribution >= 4 is 17.1 Å². The quantitative estimate of drug-likeness (QED) is 0.915. The van der Waals surface area contributed by atoms with Gasteiger partial charge in [-0.15, -0.1) is 0 Å². The molecule has 3 rings (SSSR count). The first-order chi connectivity index (χ1) is 9.78. The minimum atomic E-state index is 0.886. The fourth-order valence-electron chi connectivity index (χ4n) is 2.62. The van der Waals surface area contributed by atoms with Gasteiger partial charge in [-0.3, -0.25) is 0 Å². The summed E-state index contributed by atoms with van der Waals surface area (Å²) >= 11 is 0. The molecule has 0 bridgehead atoms. The zero-order valence-electron chi connectivity index (χ0n) is 12.0. The van der Waals surface area contributed by atoms with Gasteiger partial charge >= 0.3 is 0 Å². The van der Waals surface area contributed by atoms with Crippen LogP contribution in [0.15, 0.2) is 42.5 Å². The number of methoxy groups -OCH3 is 1. The Morgan fingerprint density at radius 3 is 2.55 bits per heavy atom. The van der Waals surface area contributed by atoms with Gasteiger partial charge < -0.3 is 15.0 Å². The summed E-state index contributed by atoms with van der Waals surface area (Å²) in [4.78, 5) is 2.20. The molecule has 0 atom stereocenters. The second-order valence-corrected chi connectivity index (χ2v) is 5.13. The van der Waals surface area contributed by atoms with Gasteiger partial charge in [-0.25, -0.2) is 0 Å². The molecule has 2 aromatic carbocycles. The molecule has 1 aliphatic rings. The van der Waals surface area contributed by atoms with Gasteiger partial charge in [-0.1, -0.05) is 0 Å². The van der Waals surface area contributed by atoms with Crippen LogP contribution in [0.1, 0.15) is 12.0 Å². The fraction of sp³-hybridized carbons (Fsp3) is 0.294. The lowest BCUT2D eigenvalue weighted by molar-refractivity contribution is 0.415. The van der Waals surface area contributed by atoms with Crippen LogP contribution >= 0.6 is 0 Å². The van der Waals surface area contributed by atoms with E-state index in [4.69, 9.17) is 4.74 Å². The predicted octanol–water partition coefficient (Wildman–Crippen LogP) is 3.82. The molecule has 0 saturated carbocycles. The highest BCUT2D eigenvalue weighted by molar-refractivity contribution is 5.68. The Bertz CT molecular complexity index is 592. The molecule has 104 valence electrons. The zero-order chi connectivity index (χ0) is 13.9. The second-order valence-electron chi connectivity index (χ2n) is 5.13. The van der Waals surface area contributed by atoms with E-state index in [2.05, 4.69) is 47.6 Å². The van der Waals surface area contributed by atoms with Gasteiger partial charge in [0, 0.05) is 30.7 Å². The first kappa shape index (κ1) is 12.9. The smallest absolute Gasteiger partial charge is 0.119 e. The number of benzene rings is 2. The molecule has 3 nitrogen and oxygen atoms in total. The zero-order valence-corrected chi connectivity index (χ0v) is 12.0. The minimum absolute atomic E-state index is 0.886. The maximum atomic E-state index is 5.20. The number of nitrogens with one attached hydrogen (secondary N) is 1. The molecule has 0 spiro atoms. The van der Waals surface area contributed by atoms with E-state index in [0.717, 1.165) is 24.4 Å². The molecule has 0 unspecified atom stereocenters. The van der Waals surface area contributed by atoms with Gasteiger partial charge in [0.1, 0.15) is 5.75 Å². The summed E-state index contributed by atoms with van der Waals surface area (Å²) in [6, 6.07) is 14.8. The third-order valence-electron chi connectivity index (χ3n) is 3.87. The summed E-state index contributed by atoms with van der Waals surface area (Å²) in [6.07, 6.45) is 2.37. The molecule has 3 heteroatoms. The molecule has 2 aromatic rings. The van der Waals surface area contributed by atoms with E-state index in [1.54, 1.807) is 7.11 Å². The van der Waals surface area contributed by atoms with Crippen LogP contribution in [-0.4, -0.2) is 20.7 Å². The molecule has 0 saturated heterocycles. The third-order valence-corrected chi connectivity index (χ3v) is 3.87. The predicted molar refractivity (Wildman–Crippen MR) is 84.3 cm³/mol. The Balaban J connectivity index is 1.87. The summed E-state index contributed by atoms with van der Waals surface area (Å²) in [5.74, 6) is 0.886. The highest BCUT2D eigenvalue weighted by Gasteiger charge is 2.11. The number of anilines is 3. The second kappa shape index (κ2) is 5.45. The average Bonchev–Trinajstić information content (AvgIpc) is 2.54. The molecular formula is C17H20N2O. The molecule has 0 aliphatic carbocycles. The molecule has 1 heterocycles. The molecule has 1 aliphatic heterocycles. The van der Waals surface area contributed by atoms with Gasteiger partial charge in [0.15, 0.2) is 0 Å². The largest absolute Gasteiger partial charge is 0.497 e. The van der Waals surface area contributed by atoms with Gasteiger partial charge in [0.05, 0.1) is 7.11 Å². The van der Waals surface area contributed by atoms with Crippen molar-refractivity contribution in [3.8, 4) is 5.75 Å². The Kier molecular flexibility index (Phi) is 3.50. The maximum absolute atomic E-state index is 5.20. The SMILES string of the molecule is COc1ccc(N(C)c2ccc3c(c2)CCCN3)cc1. The molecule has 20 heavy (non-hydrogen) atoms. The molecule has 0 radical (unpaired) electrons. The van der Waals surface area contributed by atoms with Crippen LogP contribution in [-0.2, 0) is 6.42 Å². The van der Waals surface area contributed by atoms with Crippen molar-refractivity contribution in [1.82, 2.24) is 0 Å². The van der Waals surface area contributed by atoms with E-state index >= 15 is 0 Å². The Morgan fingerprint density at radius 1 is 1.05 bits per heavy atom. The Hall–Kier alpha value is -2.16. The molecule has 1 N–H and O–H groups in total. The normalized spacial score (nSPS) is 13.3. The number of fused-ring (bicyclic) bond motifs is 1. The van der Waals surface area contributed by atoms with Crippen molar-refractivity contribution in [2.24, 2.45) is 0 Å². The van der Waals surface area contributed by atoms with Crippen LogP contribution in [0.3, 0.4) is 0 Å². The summed E-state index contributed by atoms with van der Waals surface area (Å²) in [5.41, 5.74) is 5.07. The van der Waals surface area contributed by atoms with E-state index in [0.29, 0.717) is 0 Å². The highest BCUT2D eigenvalue weighted by Crippen LogP contribution is 2.30. The first-order valence-corrected chi connectivity index (χ1v) is 7.02. The maximum Gasteiger partial charge on any atom is 0.119 e. The Morgan fingerprint density at radius 2 is 1.80 bits per heavy atom. The van der Waals surface area contributed by atoms with Crippen LogP contribution in [0.25, 0.3) is 0 Å². The fourth-order valence-corrected chi connectivity index (χ4v) is 2.62. The lowest BCUT2D eigenvalue weighted by Crippen LogP contribution is -2.14. The van der Waals surface area contributed by atoms with Gasteiger partial charge in [-0.2, -0.15) is 0 Å². The molecule has 0 amide bonds. The van der Waals surface area contributed by atoms with Crippen LogP contribution in [0.4, 0.5) is 17.1 Å². The van der Waals surface area contributed by atoms with Crippen molar-refractivity contribution in [3.05, 3.63) is 48.0 Å². The molecular weight excluding hydrogens is 248 g/mol. The van der Waals surface area contributed by atoms with Crippen LogP contribution in [0, 0.1) is 0 Å². The summed E-state index contributed by atoms with van der Waals surface area (Å²) in [5, 5.41) is 3.45. The Labute approximate surface area is 120 Å². The lowest BCUT2D eigenvalue weighted by Gasteiger charge is -2.24. The van der Waals surface area contributed by atoms with Crippen molar-refractivity contribution in [1.29, 1.82) is 0 Å². The monoisotopic (exact) mass is 268 g/mol. The van der Waals surface area contributed by atoms with Crippen molar-refractivity contribution in [2.75, 3.05) is 30.9 Å². The van der Waals surface area contributed by atoms with E-state index in [1.165, 1.54) is 23.4 Å². The number of ether oxygens (including phenoxy) is 1. The average molecular weight is 268 g/mol. The van der Waals surface area contributed by atoms with E-state index in [-0.39, 0.29) is 0 Å². The number of rotatable bonds is 3. The standard InChI is InChI=1S/C17H20N2O/c1-19(14-5-8-16(20-2)9-6-14)15-7-10-17-13(12-15)4-3-11-18-17/h5-10,12,18H,3-4,11H2,1-2H3. The number of aryl methyl sites for hydroxylation is 1. The first-order valence-electron chi connectivity index (χ1n) is 7.02. The van der Waals surface area contributed by atoms with Crippen molar-refractivity contribution in [2.45, 2.75) is 12.8 Å². The van der Waals surface area contributed by atoms with Crippen molar-refractivity contribution < 1.29 is 4.74 Å². The van der Waals surface area contributed by atoms with Crippen LogP contribution in [0.5, 0.6) is 5.75 Å². The third kappa shape index (κ3) is 2.44. The van der Waals surface area contributed by atoms with Gasteiger partial charge in [-0.05, 0) is 60.9 Å². The topological polar surface area (TPSA) is 24.5 Å². The number of hydrogen-bond acceptors (Lipinski definition) is 3. The summed E-state index contributed by atoms with van der Waals surface area (Å²) in [7, 11) is 3.79. The minimum Gasteiger partial charge on any atom is -0.497 e. The number of hydrogen-bond donors (Lipinski definition) is 1. The highest BCUT2D eigenvalue weighted by atomic mass is 16.5. The van der Waals surface area contributed by atoms with Gasteiger partial charge in [0.2, 0.25) is 0 Å². The lowest BCUT2D eigenvalue weighted by atomic mass is 10.0. The van der Waals surface area contributed by atoms with Crippen molar-refractivity contribution in [3.63, 3.8) is 0 Å². The van der Waals surface area contributed by atoms with E-state index < -0.39 is 0 Å². The van der Waals surface area contributed by atoms with Crippen LogP contribution < -0.4 is 15.0 Å². The molecule has 0 aromatic heterocycles. The summed E-state index contributed by atoms with van der Waals surface area (Å²) in [6.45, 7) is 1.08. The van der Waals surface area contributed by atoms with Crippen LogP contribution in [0.2, 0.25) is 0 Å².